The van der Waals surface area contributed by atoms with Crippen LogP contribution in [-0.2, 0) is 11.3 Å². The summed E-state index contributed by atoms with van der Waals surface area (Å²) in [6, 6.07) is 0. The second-order valence-corrected chi connectivity index (χ2v) is 5.30. The number of aliphatic carboxylic acids is 1. The molecule has 0 saturated carbocycles. The summed E-state index contributed by atoms with van der Waals surface area (Å²) in [4.78, 5) is 14.7. The molecule has 0 aliphatic carbocycles. The zero-order chi connectivity index (χ0) is 12.3. The standard InChI is InChI=1S/C9H13ClN4O2S/c10-9-7(11-12-17-9)5-13-1-3-14(4-2-13)6-8(15)16/h1-6H2,(H,15,16). The molecule has 1 aliphatic heterocycles. The lowest BCUT2D eigenvalue weighted by molar-refractivity contribution is -0.138. The smallest absolute Gasteiger partial charge is 0.317 e. The fraction of sp³-hybridized carbons (Fsp3) is 0.667. The molecule has 1 aromatic rings. The molecule has 0 spiro atoms. The predicted octanol–water partition coefficient (Wildman–Crippen LogP) is 0.394. The van der Waals surface area contributed by atoms with Crippen molar-refractivity contribution in [1.82, 2.24) is 19.4 Å². The Kier molecular flexibility index (Phi) is 4.27. The highest BCUT2D eigenvalue weighted by Crippen LogP contribution is 2.19. The Morgan fingerprint density at radius 2 is 2.00 bits per heavy atom. The van der Waals surface area contributed by atoms with E-state index in [9.17, 15) is 4.79 Å². The number of aromatic nitrogens is 2. The van der Waals surface area contributed by atoms with E-state index in [1.807, 2.05) is 4.90 Å². The molecular weight excluding hydrogens is 264 g/mol. The van der Waals surface area contributed by atoms with Crippen LogP contribution >= 0.6 is 23.1 Å². The van der Waals surface area contributed by atoms with E-state index in [-0.39, 0.29) is 6.54 Å². The van der Waals surface area contributed by atoms with E-state index in [0.29, 0.717) is 10.9 Å². The highest BCUT2D eigenvalue weighted by molar-refractivity contribution is 7.10. The molecule has 0 radical (unpaired) electrons. The van der Waals surface area contributed by atoms with Crippen LogP contribution in [0.15, 0.2) is 0 Å². The van der Waals surface area contributed by atoms with Gasteiger partial charge in [-0.05, 0) is 0 Å². The number of hydrogen-bond donors (Lipinski definition) is 1. The van der Waals surface area contributed by atoms with Crippen LogP contribution in [0.25, 0.3) is 0 Å². The van der Waals surface area contributed by atoms with E-state index >= 15 is 0 Å². The van der Waals surface area contributed by atoms with Gasteiger partial charge in [0, 0.05) is 44.3 Å². The predicted molar refractivity (Wildman–Crippen MR) is 64.3 cm³/mol. The Labute approximate surface area is 108 Å². The van der Waals surface area contributed by atoms with Crippen molar-refractivity contribution in [1.29, 1.82) is 0 Å². The summed E-state index contributed by atoms with van der Waals surface area (Å²) in [5, 5.41) is 12.7. The van der Waals surface area contributed by atoms with Crippen molar-refractivity contribution >= 4 is 29.1 Å². The Hall–Kier alpha value is -0.760. The maximum absolute atomic E-state index is 10.6. The van der Waals surface area contributed by atoms with Crippen LogP contribution in [0, 0.1) is 0 Å². The molecule has 2 heterocycles. The van der Waals surface area contributed by atoms with E-state index < -0.39 is 5.97 Å². The van der Waals surface area contributed by atoms with E-state index in [4.69, 9.17) is 16.7 Å². The Balaban J connectivity index is 1.79. The molecule has 1 aliphatic rings. The summed E-state index contributed by atoms with van der Waals surface area (Å²) in [6.07, 6.45) is 0. The molecule has 0 amide bonds. The van der Waals surface area contributed by atoms with Gasteiger partial charge in [-0.2, -0.15) is 0 Å². The van der Waals surface area contributed by atoms with Crippen molar-refractivity contribution in [2.24, 2.45) is 0 Å². The first-order chi connectivity index (χ1) is 8.15. The SMILES string of the molecule is O=C(O)CN1CCN(Cc2nnsc2Cl)CC1. The van der Waals surface area contributed by atoms with Gasteiger partial charge in [-0.15, -0.1) is 5.10 Å². The molecule has 1 fully saturated rings. The van der Waals surface area contributed by atoms with E-state index in [1.165, 1.54) is 11.5 Å². The van der Waals surface area contributed by atoms with Gasteiger partial charge >= 0.3 is 5.97 Å². The van der Waals surface area contributed by atoms with Gasteiger partial charge in [0.1, 0.15) is 10.0 Å². The maximum atomic E-state index is 10.6. The third-order valence-electron chi connectivity index (χ3n) is 2.71. The highest BCUT2D eigenvalue weighted by atomic mass is 35.5. The first-order valence-corrected chi connectivity index (χ1v) is 6.43. The van der Waals surface area contributed by atoms with Gasteiger partial charge < -0.3 is 5.11 Å². The molecule has 1 saturated heterocycles. The topological polar surface area (TPSA) is 69.6 Å². The summed E-state index contributed by atoms with van der Waals surface area (Å²) in [5.74, 6) is -0.773. The molecule has 94 valence electrons. The van der Waals surface area contributed by atoms with Gasteiger partial charge in [-0.1, -0.05) is 16.1 Å². The van der Waals surface area contributed by atoms with Crippen LogP contribution in [0.3, 0.4) is 0 Å². The van der Waals surface area contributed by atoms with Crippen LogP contribution in [0.4, 0.5) is 0 Å². The summed E-state index contributed by atoms with van der Waals surface area (Å²) in [5.41, 5.74) is 0.809. The zero-order valence-corrected chi connectivity index (χ0v) is 10.7. The monoisotopic (exact) mass is 276 g/mol. The molecule has 8 heteroatoms. The molecule has 0 unspecified atom stereocenters. The lowest BCUT2D eigenvalue weighted by Gasteiger charge is -2.33. The molecule has 2 rings (SSSR count). The van der Waals surface area contributed by atoms with Gasteiger partial charge in [0.05, 0.1) is 6.54 Å². The van der Waals surface area contributed by atoms with Gasteiger partial charge in [-0.3, -0.25) is 14.6 Å². The normalized spacial score (nSPS) is 18.4. The molecule has 17 heavy (non-hydrogen) atoms. The summed E-state index contributed by atoms with van der Waals surface area (Å²) in [7, 11) is 0. The number of nitrogens with zero attached hydrogens (tertiary/aromatic N) is 4. The van der Waals surface area contributed by atoms with Crippen LogP contribution < -0.4 is 0 Å². The van der Waals surface area contributed by atoms with Crippen molar-refractivity contribution in [2.75, 3.05) is 32.7 Å². The number of piperazine rings is 1. The van der Waals surface area contributed by atoms with E-state index in [1.54, 1.807) is 0 Å². The Morgan fingerprint density at radius 1 is 1.35 bits per heavy atom. The molecular formula is C9H13ClN4O2S. The Morgan fingerprint density at radius 3 is 2.53 bits per heavy atom. The van der Waals surface area contributed by atoms with Crippen molar-refractivity contribution in [3.8, 4) is 0 Å². The quantitative estimate of drug-likeness (QED) is 0.858. The second-order valence-electron chi connectivity index (χ2n) is 3.94. The molecule has 1 N–H and O–H groups in total. The largest absolute Gasteiger partial charge is 0.480 e. The minimum atomic E-state index is -0.773. The van der Waals surface area contributed by atoms with E-state index in [2.05, 4.69) is 14.5 Å². The van der Waals surface area contributed by atoms with Crippen molar-refractivity contribution in [2.45, 2.75) is 6.54 Å². The number of halogens is 1. The first-order valence-electron chi connectivity index (χ1n) is 5.28. The van der Waals surface area contributed by atoms with Crippen molar-refractivity contribution < 1.29 is 9.90 Å². The number of rotatable bonds is 4. The Bertz CT molecular complexity index is 392. The first kappa shape index (κ1) is 12.7. The third-order valence-corrected chi connectivity index (χ3v) is 3.69. The second kappa shape index (κ2) is 5.72. The van der Waals surface area contributed by atoms with Crippen LogP contribution in [-0.4, -0.2) is 63.2 Å². The number of carboxylic acids is 1. The fourth-order valence-corrected chi connectivity index (χ4v) is 2.41. The molecule has 0 aromatic carbocycles. The fourth-order valence-electron chi connectivity index (χ4n) is 1.80. The molecule has 0 bridgehead atoms. The van der Waals surface area contributed by atoms with Crippen LogP contribution in [0.1, 0.15) is 5.69 Å². The summed E-state index contributed by atoms with van der Waals surface area (Å²) >= 11 is 7.13. The average Bonchev–Trinajstić information content (AvgIpc) is 2.67. The maximum Gasteiger partial charge on any atom is 0.317 e. The number of carbonyl (C=O) groups is 1. The minimum absolute atomic E-state index is 0.118. The summed E-state index contributed by atoms with van der Waals surface area (Å²) in [6.45, 7) is 4.01. The zero-order valence-electron chi connectivity index (χ0n) is 9.17. The molecule has 1 aromatic heterocycles. The summed E-state index contributed by atoms with van der Waals surface area (Å²) < 4.78 is 4.42. The van der Waals surface area contributed by atoms with Crippen LogP contribution in [0.5, 0.6) is 0 Å². The van der Waals surface area contributed by atoms with Gasteiger partial charge in [0.15, 0.2) is 0 Å². The highest BCUT2D eigenvalue weighted by Gasteiger charge is 2.20. The molecule has 0 atom stereocenters. The minimum Gasteiger partial charge on any atom is -0.480 e. The van der Waals surface area contributed by atoms with Crippen molar-refractivity contribution in [3.63, 3.8) is 0 Å². The number of hydrogen-bond acceptors (Lipinski definition) is 6. The van der Waals surface area contributed by atoms with Gasteiger partial charge in [0.2, 0.25) is 0 Å². The van der Waals surface area contributed by atoms with Crippen molar-refractivity contribution in [3.05, 3.63) is 10.0 Å². The van der Waals surface area contributed by atoms with Gasteiger partial charge in [0.25, 0.3) is 0 Å². The third kappa shape index (κ3) is 3.60. The molecule has 6 nitrogen and oxygen atoms in total. The van der Waals surface area contributed by atoms with Crippen LogP contribution in [0.2, 0.25) is 4.34 Å². The number of carboxylic acid groups (broad SMARTS) is 1. The van der Waals surface area contributed by atoms with E-state index in [0.717, 1.165) is 31.9 Å². The lowest BCUT2D eigenvalue weighted by atomic mass is 10.3. The lowest BCUT2D eigenvalue weighted by Crippen LogP contribution is -2.47. The van der Waals surface area contributed by atoms with Gasteiger partial charge in [-0.25, -0.2) is 0 Å². The average molecular weight is 277 g/mol.